The summed E-state index contributed by atoms with van der Waals surface area (Å²) in [5, 5.41) is 79.1. The molecule has 8 aromatic rings. The lowest BCUT2D eigenvalue weighted by molar-refractivity contribution is 0.282. The number of aromatic nitrogens is 3. The quantitative estimate of drug-likeness (QED) is 0.0162. The van der Waals surface area contributed by atoms with Gasteiger partial charge in [0.2, 0.25) is 11.0 Å². The van der Waals surface area contributed by atoms with Crippen molar-refractivity contribution in [3.05, 3.63) is 100 Å². The molecule has 24 nitrogen and oxygen atoms in total. The number of thiazole rings is 1. The van der Waals surface area contributed by atoms with E-state index in [4.69, 9.17) is 4.74 Å². The van der Waals surface area contributed by atoms with Crippen LogP contribution in [0.5, 0.6) is 11.6 Å². The second-order valence-electron chi connectivity index (χ2n) is 16.5. The molecule has 0 radical (unpaired) electrons. The van der Waals surface area contributed by atoms with Crippen LogP contribution in [0, 0.1) is 25.2 Å². The van der Waals surface area contributed by atoms with Gasteiger partial charge in [0.15, 0.2) is 11.3 Å². The zero-order valence-corrected chi connectivity index (χ0v) is 43.3. The molecule has 0 saturated heterocycles. The molecule has 5 aromatic carbocycles. The summed E-state index contributed by atoms with van der Waals surface area (Å²) in [6.45, 7) is 1.64. The van der Waals surface area contributed by atoms with Gasteiger partial charge < -0.3 is 25.2 Å². The number of nitriles is 1. The maximum absolute atomic E-state index is 12.5. The highest BCUT2D eigenvalue weighted by Gasteiger charge is 2.24. The molecule has 390 valence electrons. The number of pyridine rings is 1. The lowest BCUT2D eigenvalue weighted by atomic mass is 10.0. The molecule has 0 aliphatic heterocycles. The number of benzene rings is 5. The molecule has 3 aromatic heterocycles. The fourth-order valence-corrected chi connectivity index (χ4v) is 11.6. The highest BCUT2D eigenvalue weighted by molar-refractivity contribution is 7.99. The molecule has 0 unspecified atom stereocenters. The predicted molar refractivity (Wildman–Crippen MR) is 277 cm³/mol. The Morgan fingerprint density at radius 2 is 1.45 bits per heavy atom. The predicted octanol–water partition coefficient (Wildman–Crippen LogP) is 9.44. The molecule has 0 aliphatic rings. The molecular weight excluding hydrogens is 1080 g/mol. The fourth-order valence-electron chi connectivity index (χ4n) is 7.76. The molecule has 29 heteroatoms. The SMILES string of the molecule is Cc1cc(N=Nc2c(C)c(C#N)c3nc4ccc(CO)cc4n3c2O)c(OCCCS(=O)(=O)O)cc1N=Nc1cc(CO)c(N=Nc2nc3c(S(=O)(=O)O)cc4c(CO)cccc4c3s2)cc1SCCCS(=O)(=O)O. The molecule has 0 amide bonds. The third kappa shape index (κ3) is 12.1. The summed E-state index contributed by atoms with van der Waals surface area (Å²) in [7, 11) is -13.5. The average Bonchev–Trinajstić information content (AvgIpc) is 3.97. The van der Waals surface area contributed by atoms with Gasteiger partial charge in [0.05, 0.1) is 70.7 Å². The van der Waals surface area contributed by atoms with E-state index in [0.29, 0.717) is 48.1 Å². The number of ether oxygens (including phenoxy) is 1. The van der Waals surface area contributed by atoms with Crippen LogP contribution in [0.3, 0.4) is 0 Å². The lowest BCUT2D eigenvalue weighted by Crippen LogP contribution is -2.08. The van der Waals surface area contributed by atoms with E-state index >= 15 is 0 Å². The first-order valence-electron chi connectivity index (χ1n) is 22.1. The number of nitrogens with zero attached hydrogens (tertiary/aromatic N) is 10. The summed E-state index contributed by atoms with van der Waals surface area (Å²) in [6, 6.07) is 19.0. The number of aliphatic hydroxyl groups is 3. The Hall–Kier alpha value is -6.95. The Morgan fingerprint density at radius 3 is 2.15 bits per heavy atom. The normalized spacial score (nSPS) is 12.7. The molecule has 7 N–H and O–H groups in total. The number of rotatable bonds is 20. The van der Waals surface area contributed by atoms with Crippen molar-refractivity contribution < 1.29 is 64.1 Å². The van der Waals surface area contributed by atoms with Crippen molar-refractivity contribution in [3.8, 4) is 17.7 Å². The van der Waals surface area contributed by atoms with Crippen LogP contribution in [-0.2, 0) is 50.2 Å². The zero-order chi connectivity index (χ0) is 54.0. The number of aryl methyl sites for hydroxylation is 1. The van der Waals surface area contributed by atoms with Crippen LogP contribution in [0.25, 0.3) is 37.7 Å². The molecular formula is C46H42N10O14S5. The summed E-state index contributed by atoms with van der Waals surface area (Å²) < 4.78 is 108. The number of hydrogen-bond acceptors (Lipinski definition) is 22. The van der Waals surface area contributed by atoms with Gasteiger partial charge in [0.25, 0.3) is 30.4 Å². The van der Waals surface area contributed by atoms with Gasteiger partial charge in [-0.1, -0.05) is 35.6 Å². The van der Waals surface area contributed by atoms with Crippen LogP contribution >= 0.6 is 23.1 Å². The van der Waals surface area contributed by atoms with E-state index in [1.165, 1.54) is 34.7 Å². The molecule has 0 fully saturated rings. The Kier molecular flexibility index (Phi) is 16.0. The van der Waals surface area contributed by atoms with Crippen molar-refractivity contribution >= 4 is 125 Å². The van der Waals surface area contributed by atoms with Crippen LogP contribution in [0.4, 0.5) is 33.6 Å². The van der Waals surface area contributed by atoms with E-state index in [-0.39, 0.29) is 99.0 Å². The van der Waals surface area contributed by atoms with Crippen molar-refractivity contribution in [2.45, 2.75) is 56.3 Å². The van der Waals surface area contributed by atoms with Gasteiger partial charge in [-0.3, -0.25) is 18.1 Å². The van der Waals surface area contributed by atoms with Crippen LogP contribution in [0.1, 0.15) is 46.2 Å². The molecule has 0 spiro atoms. The highest BCUT2D eigenvalue weighted by atomic mass is 32.2. The molecule has 8 rings (SSSR count). The number of fused-ring (bicyclic) bond motifs is 6. The number of thioether (sulfide) groups is 1. The zero-order valence-electron chi connectivity index (χ0n) is 39.2. The topological polar surface area (TPSA) is 381 Å². The maximum atomic E-state index is 12.5. The molecule has 0 aliphatic carbocycles. The van der Waals surface area contributed by atoms with Crippen LogP contribution in [0.2, 0.25) is 0 Å². The Bertz CT molecular complexity index is 4080. The second kappa shape index (κ2) is 22.1. The summed E-state index contributed by atoms with van der Waals surface area (Å²) in [6.07, 6.45) is -0.142. The standard InChI is InChI=1S/C46H42N10O14S5/c1-24-14-35(52-54-41-25(2)31(20-47)44-48-32-9-8-26(21-57)15-37(32)56(44)45(41)60)38(70-10-4-12-73(61,62)63)18-33(24)50-53-36-16-28(23-59)34(19-39(36)71-11-5-13-74(64,65)66)51-55-46-49-42-40(75(67,68)69)17-30-27(22-58)6-3-7-29(30)43(42)72-46/h3,6-9,14-19,57-60H,4-5,10-13,21-23H2,1-2H3,(H,61,62,63)(H,64,65,66)(H,67,68,69). The smallest absolute Gasteiger partial charge is 0.296 e. The van der Waals surface area contributed by atoms with E-state index in [2.05, 4.69) is 46.7 Å². The highest BCUT2D eigenvalue weighted by Crippen LogP contribution is 2.44. The van der Waals surface area contributed by atoms with E-state index in [9.17, 15) is 64.6 Å². The van der Waals surface area contributed by atoms with Gasteiger partial charge in [-0.25, -0.2) is 9.97 Å². The van der Waals surface area contributed by atoms with Crippen LogP contribution < -0.4 is 4.74 Å². The third-order valence-electron chi connectivity index (χ3n) is 11.4. The Balaban J connectivity index is 1.18. The minimum Gasteiger partial charge on any atom is -0.493 e. The number of imidazole rings is 1. The second-order valence-corrected chi connectivity index (χ2v) is 23.2. The molecule has 0 atom stereocenters. The first-order chi connectivity index (χ1) is 35.6. The van der Waals surface area contributed by atoms with Crippen molar-refractivity contribution in [3.63, 3.8) is 0 Å². The summed E-state index contributed by atoms with van der Waals surface area (Å²) in [5.41, 5.74) is 3.14. The lowest BCUT2D eigenvalue weighted by Gasteiger charge is -2.12. The Morgan fingerprint density at radius 1 is 0.747 bits per heavy atom. The third-order valence-corrected chi connectivity index (χ3v) is 16.0. The number of aliphatic hydroxyl groups excluding tert-OH is 3. The van der Waals surface area contributed by atoms with E-state index < -0.39 is 65.8 Å². The number of aromatic hydroxyl groups is 1. The largest absolute Gasteiger partial charge is 0.493 e. The first-order valence-corrected chi connectivity index (χ1v) is 28.5. The van der Waals surface area contributed by atoms with Gasteiger partial charge in [-0.2, -0.15) is 35.6 Å². The molecule has 75 heavy (non-hydrogen) atoms. The van der Waals surface area contributed by atoms with Crippen LogP contribution in [0.15, 0.2) is 107 Å². The van der Waals surface area contributed by atoms with Gasteiger partial charge in [0.1, 0.15) is 33.5 Å². The van der Waals surface area contributed by atoms with E-state index in [1.54, 1.807) is 50.2 Å². The maximum Gasteiger partial charge on any atom is 0.296 e. The summed E-state index contributed by atoms with van der Waals surface area (Å²) >= 11 is 2.06. The van der Waals surface area contributed by atoms with Crippen molar-refractivity contribution in [1.29, 1.82) is 5.26 Å². The molecule has 0 bridgehead atoms. The molecule has 3 heterocycles. The van der Waals surface area contributed by atoms with Crippen molar-refractivity contribution in [1.82, 2.24) is 14.4 Å². The van der Waals surface area contributed by atoms with E-state index in [0.717, 1.165) is 23.1 Å². The van der Waals surface area contributed by atoms with Crippen molar-refractivity contribution in [2.24, 2.45) is 30.7 Å². The molecule has 0 saturated carbocycles. The minimum absolute atomic E-state index is 0.0000394. The van der Waals surface area contributed by atoms with Gasteiger partial charge in [-0.05, 0) is 90.9 Å². The van der Waals surface area contributed by atoms with Crippen LogP contribution in [-0.4, -0.2) is 97.6 Å². The Labute approximate surface area is 434 Å². The fraction of sp³-hybridized carbons (Fsp3) is 0.239. The number of hydrogen-bond donors (Lipinski definition) is 7. The van der Waals surface area contributed by atoms with Crippen molar-refractivity contribution in [2.75, 3.05) is 23.9 Å². The van der Waals surface area contributed by atoms with Gasteiger partial charge in [0, 0.05) is 27.5 Å². The van der Waals surface area contributed by atoms with Gasteiger partial charge >= 0.3 is 0 Å². The van der Waals surface area contributed by atoms with E-state index in [1.807, 2.05) is 0 Å². The minimum atomic E-state index is -4.80. The summed E-state index contributed by atoms with van der Waals surface area (Å²) in [4.78, 5) is 8.70. The summed E-state index contributed by atoms with van der Waals surface area (Å²) in [5.74, 6) is -1.46. The first kappa shape index (κ1) is 54.3. The monoisotopic (exact) mass is 1120 g/mol. The average molecular weight is 1120 g/mol. The van der Waals surface area contributed by atoms with Gasteiger partial charge in [-0.15, -0.1) is 37.3 Å². The number of azo groups is 3.